The quantitative estimate of drug-likeness (QED) is 0.235. The molecule has 0 saturated heterocycles. The van der Waals surface area contributed by atoms with Crippen molar-refractivity contribution in [1.29, 1.82) is 0 Å². The molecule has 17 heteroatoms. The van der Waals surface area contributed by atoms with Gasteiger partial charge in [0.05, 0.1) is 23.9 Å². The minimum Gasteiger partial charge on any atom is -0.357 e. The van der Waals surface area contributed by atoms with Gasteiger partial charge in [-0.25, -0.2) is 22.8 Å². The van der Waals surface area contributed by atoms with E-state index in [1.165, 1.54) is 20.0 Å². The van der Waals surface area contributed by atoms with Crippen LogP contribution in [0.3, 0.4) is 0 Å². The number of imidazole rings is 1. The lowest BCUT2D eigenvalue weighted by Crippen LogP contribution is -2.50. The zero-order valence-corrected chi connectivity index (χ0v) is 24.8. The van der Waals surface area contributed by atoms with Crippen LogP contribution in [-0.2, 0) is 9.59 Å². The summed E-state index contributed by atoms with van der Waals surface area (Å²) in [5.41, 5.74) is -1.01. The van der Waals surface area contributed by atoms with Crippen molar-refractivity contribution >= 4 is 28.8 Å². The fourth-order valence-electron chi connectivity index (χ4n) is 5.47. The lowest BCUT2D eigenvalue weighted by Gasteiger charge is -2.33. The van der Waals surface area contributed by atoms with Crippen LogP contribution in [0.5, 0.6) is 0 Å². The number of amides is 3. The lowest BCUT2D eigenvalue weighted by atomic mass is 9.81. The highest BCUT2D eigenvalue weighted by Crippen LogP contribution is 2.42. The number of likely N-dealkylation sites (N-methyl/N-ethyl adjacent to an activating group) is 1. The first kappa shape index (κ1) is 33.7. The van der Waals surface area contributed by atoms with Crippen molar-refractivity contribution in [3.05, 3.63) is 40.7 Å². The highest BCUT2D eigenvalue weighted by Gasteiger charge is 2.41. The lowest BCUT2D eigenvalue weighted by molar-refractivity contribution is -0.149. The summed E-state index contributed by atoms with van der Waals surface area (Å²) in [5.74, 6) is -9.89. The zero-order chi connectivity index (χ0) is 33.3. The summed E-state index contributed by atoms with van der Waals surface area (Å²) in [6, 6.07) is 0.0181. The molecule has 0 aliphatic heterocycles. The predicted octanol–water partition coefficient (Wildman–Crippen LogP) is 4.61. The molecule has 3 atom stereocenters. The molecule has 1 aliphatic carbocycles. The molecule has 0 unspecified atom stereocenters. The van der Waals surface area contributed by atoms with E-state index in [9.17, 15) is 36.3 Å². The molecule has 4 N–H and O–H groups in total. The van der Waals surface area contributed by atoms with Gasteiger partial charge in [-0.15, -0.1) is 0 Å². The minimum atomic E-state index is -4.88. The molecule has 1 fully saturated rings. The van der Waals surface area contributed by atoms with Crippen LogP contribution in [0, 0.1) is 24.6 Å². The van der Waals surface area contributed by atoms with Gasteiger partial charge in [-0.05, 0) is 42.8 Å². The Morgan fingerprint density at radius 1 is 1.09 bits per heavy atom. The van der Waals surface area contributed by atoms with Gasteiger partial charge in [-0.3, -0.25) is 14.4 Å². The van der Waals surface area contributed by atoms with Crippen LogP contribution in [0.25, 0.3) is 11.0 Å². The first-order valence-corrected chi connectivity index (χ1v) is 14.3. The molecule has 45 heavy (non-hydrogen) atoms. The van der Waals surface area contributed by atoms with Gasteiger partial charge in [0.1, 0.15) is 23.1 Å². The van der Waals surface area contributed by atoms with Crippen LogP contribution >= 0.6 is 0 Å². The fraction of sp³-hybridized carbons (Fsp3) is 0.571. The zero-order valence-electron chi connectivity index (χ0n) is 24.8. The van der Waals surface area contributed by atoms with Gasteiger partial charge in [-0.2, -0.15) is 13.2 Å². The van der Waals surface area contributed by atoms with E-state index in [-0.39, 0.29) is 35.6 Å². The fourth-order valence-corrected chi connectivity index (χ4v) is 5.47. The van der Waals surface area contributed by atoms with E-state index < -0.39 is 95.8 Å². The number of carbonyl (C=O) groups excluding carboxylic acids is 3. The minimum absolute atomic E-state index is 0.0189. The number of fused-ring (bicyclic) bond motifs is 1. The Morgan fingerprint density at radius 2 is 1.76 bits per heavy atom. The van der Waals surface area contributed by atoms with E-state index in [1.807, 2.05) is 0 Å². The van der Waals surface area contributed by atoms with Crippen LogP contribution in [-0.4, -0.2) is 63.2 Å². The number of hydrogen-bond donors (Lipinski definition) is 4. The standard InChI is InChI=1S/C28H33F6N7O4/c1-12(2)19(25(43)35-4)38-24(42)16(11-28(32,33)34)15-5-6-17-22(18(15)29)37-23(36-17)21(14-7-9-27(30,31)10-8-14)39-26(44)20-13(3)40-45-41-20/h5-6,12,14,16,19,21H,7-11H2,1-4H3,(H,35,43)(H,36,37)(H,38,42)(H,39,44)/t16-,19-,21+/m1/s1. The second-order valence-electron chi connectivity index (χ2n) is 11.5. The van der Waals surface area contributed by atoms with E-state index in [4.69, 9.17) is 0 Å². The Labute approximate surface area is 253 Å². The highest BCUT2D eigenvalue weighted by molar-refractivity contribution is 5.93. The van der Waals surface area contributed by atoms with Gasteiger partial charge in [0.25, 0.3) is 5.91 Å². The number of aryl methyl sites for hydroxylation is 1. The first-order chi connectivity index (χ1) is 21.0. The number of carbonyl (C=O) groups is 3. The second kappa shape index (κ2) is 13.0. The molecule has 1 aliphatic rings. The summed E-state index contributed by atoms with van der Waals surface area (Å²) in [6.45, 7) is 4.63. The molecular formula is C28H33F6N7O4. The van der Waals surface area contributed by atoms with Crippen LogP contribution in [0.1, 0.15) is 85.5 Å². The van der Waals surface area contributed by atoms with Gasteiger partial charge >= 0.3 is 6.18 Å². The highest BCUT2D eigenvalue weighted by atomic mass is 19.4. The van der Waals surface area contributed by atoms with Crippen molar-refractivity contribution in [3.63, 3.8) is 0 Å². The van der Waals surface area contributed by atoms with Crippen molar-refractivity contribution in [2.24, 2.45) is 11.8 Å². The van der Waals surface area contributed by atoms with E-state index in [1.54, 1.807) is 13.8 Å². The molecule has 0 spiro atoms. The smallest absolute Gasteiger partial charge is 0.357 e. The molecule has 11 nitrogen and oxygen atoms in total. The van der Waals surface area contributed by atoms with Crippen molar-refractivity contribution in [2.75, 3.05) is 7.05 Å². The van der Waals surface area contributed by atoms with Crippen molar-refractivity contribution in [2.45, 2.75) is 83.0 Å². The van der Waals surface area contributed by atoms with Crippen LogP contribution in [0.4, 0.5) is 26.3 Å². The second-order valence-corrected chi connectivity index (χ2v) is 11.5. The molecule has 2 aromatic heterocycles. The average molecular weight is 646 g/mol. The van der Waals surface area contributed by atoms with Crippen molar-refractivity contribution in [1.82, 2.24) is 36.2 Å². The van der Waals surface area contributed by atoms with Crippen molar-refractivity contribution in [3.8, 4) is 0 Å². The molecule has 1 aromatic carbocycles. The summed E-state index contributed by atoms with van der Waals surface area (Å²) in [4.78, 5) is 45.5. The Morgan fingerprint density at radius 3 is 2.31 bits per heavy atom. The van der Waals surface area contributed by atoms with Gasteiger partial charge in [0, 0.05) is 25.5 Å². The molecule has 246 valence electrons. The molecule has 3 aromatic rings. The number of benzene rings is 1. The molecular weight excluding hydrogens is 612 g/mol. The molecule has 1 saturated carbocycles. The number of H-pyrrole nitrogens is 1. The van der Waals surface area contributed by atoms with Gasteiger partial charge in [0.15, 0.2) is 11.5 Å². The third kappa shape index (κ3) is 7.73. The number of aromatic amines is 1. The third-order valence-corrected chi connectivity index (χ3v) is 7.94. The Bertz CT molecular complexity index is 1540. The van der Waals surface area contributed by atoms with Crippen LogP contribution in [0.2, 0.25) is 0 Å². The monoisotopic (exact) mass is 645 g/mol. The summed E-state index contributed by atoms with van der Waals surface area (Å²) >= 11 is 0. The Hall–Kier alpha value is -4.18. The molecule has 0 bridgehead atoms. The SMILES string of the molecule is CNC(=O)[C@H](NC(=O)[C@H](CC(F)(F)F)c1ccc2[nH]c([C@@H](NC(=O)c3nonc3C)C3CCC(F)(F)CC3)nc2c1F)C(C)C. The van der Waals surface area contributed by atoms with Crippen molar-refractivity contribution < 1.29 is 45.4 Å². The van der Waals surface area contributed by atoms with Gasteiger partial charge < -0.3 is 20.9 Å². The van der Waals surface area contributed by atoms with E-state index in [2.05, 4.69) is 40.9 Å². The number of nitrogens with zero attached hydrogens (tertiary/aromatic N) is 3. The Balaban J connectivity index is 1.73. The topological polar surface area (TPSA) is 155 Å². The van der Waals surface area contributed by atoms with Gasteiger partial charge in [0.2, 0.25) is 17.7 Å². The number of alkyl halides is 5. The number of nitrogens with one attached hydrogen (secondary N) is 4. The van der Waals surface area contributed by atoms with Crippen LogP contribution in [0.15, 0.2) is 16.8 Å². The largest absolute Gasteiger partial charge is 0.390 e. The summed E-state index contributed by atoms with van der Waals surface area (Å²) in [7, 11) is 1.30. The number of halogens is 6. The van der Waals surface area contributed by atoms with E-state index in [0.29, 0.717) is 0 Å². The predicted molar refractivity (Wildman–Crippen MR) is 146 cm³/mol. The van der Waals surface area contributed by atoms with E-state index >= 15 is 4.39 Å². The molecule has 2 heterocycles. The summed E-state index contributed by atoms with van der Waals surface area (Å²) in [6.07, 6.45) is -7.57. The number of rotatable bonds is 10. The maximum Gasteiger partial charge on any atom is 0.390 e. The molecule has 4 rings (SSSR count). The summed E-state index contributed by atoms with van der Waals surface area (Å²) < 4.78 is 89.4. The summed E-state index contributed by atoms with van der Waals surface area (Å²) in [5, 5.41) is 14.4. The number of aromatic nitrogens is 4. The maximum absolute atomic E-state index is 16.0. The first-order valence-electron chi connectivity index (χ1n) is 14.3. The third-order valence-electron chi connectivity index (χ3n) is 7.94. The van der Waals surface area contributed by atoms with Gasteiger partial charge in [-0.1, -0.05) is 25.1 Å². The molecule has 3 amide bonds. The average Bonchev–Trinajstić information content (AvgIpc) is 3.59. The van der Waals surface area contributed by atoms with Crippen LogP contribution < -0.4 is 16.0 Å². The normalized spacial score (nSPS) is 17.6. The maximum atomic E-state index is 16.0. The Kier molecular flexibility index (Phi) is 9.77. The van der Waals surface area contributed by atoms with E-state index in [0.717, 1.165) is 6.07 Å². The molecule has 0 radical (unpaired) electrons. The number of hydrogen-bond acceptors (Lipinski definition) is 7.